The van der Waals surface area contributed by atoms with Crippen LogP contribution in [0.25, 0.3) is 0 Å². The molecule has 0 aromatic heterocycles. The largest absolute Gasteiger partial charge is 0.497 e. The molecular weight excluding hydrogens is 350 g/mol. The van der Waals surface area contributed by atoms with Crippen molar-refractivity contribution in [1.82, 2.24) is 4.90 Å². The van der Waals surface area contributed by atoms with Gasteiger partial charge in [0.25, 0.3) is 5.91 Å². The van der Waals surface area contributed by atoms with E-state index in [0.29, 0.717) is 11.3 Å². The van der Waals surface area contributed by atoms with Crippen LogP contribution in [0, 0.1) is 0 Å². The second-order valence-corrected chi connectivity index (χ2v) is 5.82. The Bertz CT molecular complexity index is 833. The van der Waals surface area contributed by atoms with Gasteiger partial charge in [0, 0.05) is 5.56 Å². The first-order valence-corrected chi connectivity index (χ1v) is 8.46. The first kappa shape index (κ1) is 18.4. The molecule has 1 heterocycles. The second-order valence-electron chi connectivity index (χ2n) is 5.82. The number of nitrogens with zero attached hydrogens (tertiary/aromatic N) is 1. The number of imide groups is 1. The average Bonchev–Trinajstić information content (AvgIpc) is 3.05. The molecule has 0 N–H and O–H groups in total. The van der Waals surface area contributed by atoms with E-state index in [-0.39, 0.29) is 12.2 Å². The lowest BCUT2D eigenvalue weighted by Crippen LogP contribution is -2.45. The Hall–Kier alpha value is -3.35. The Morgan fingerprint density at radius 1 is 1.07 bits per heavy atom. The van der Waals surface area contributed by atoms with Crippen LogP contribution in [0.5, 0.6) is 5.75 Å². The molecule has 0 radical (unpaired) electrons. The molecule has 0 aliphatic carbocycles. The molecule has 0 unspecified atom stereocenters. The first-order chi connectivity index (χ1) is 13.1. The molecule has 2 aromatic rings. The van der Waals surface area contributed by atoms with Crippen molar-refractivity contribution in [2.24, 2.45) is 0 Å². The monoisotopic (exact) mass is 369 g/mol. The molecule has 0 bridgehead atoms. The summed E-state index contributed by atoms with van der Waals surface area (Å²) in [6.07, 6.45) is -1.85. The van der Waals surface area contributed by atoms with Gasteiger partial charge in [-0.2, -0.15) is 0 Å². The van der Waals surface area contributed by atoms with Crippen LogP contribution in [-0.4, -0.2) is 42.6 Å². The van der Waals surface area contributed by atoms with Crippen molar-refractivity contribution in [2.75, 3.05) is 13.7 Å². The van der Waals surface area contributed by atoms with Crippen molar-refractivity contribution in [1.29, 1.82) is 0 Å². The molecule has 2 atom stereocenters. The van der Waals surface area contributed by atoms with Gasteiger partial charge in [-0.15, -0.1) is 0 Å². The normalized spacial score (nSPS) is 18.7. The predicted molar refractivity (Wildman–Crippen MR) is 95.2 cm³/mol. The summed E-state index contributed by atoms with van der Waals surface area (Å²) in [6, 6.07) is 13.8. The molecule has 1 saturated heterocycles. The Labute approximate surface area is 156 Å². The average molecular weight is 369 g/mol. The van der Waals surface area contributed by atoms with E-state index >= 15 is 0 Å². The Morgan fingerprint density at radius 3 is 2.33 bits per heavy atom. The predicted octanol–water partition coefficient (Wildman–Crippen LogP) is 2.96. The lowest BCUT2D eigenvalue weighted by atomic mass is 10.0. The summed E-state index contributed by atoms with van der Waals surface area (Å²) >= 11 is 0. The number of cyclic esters (lactones) is 1. The van der Waals surface area contributed by atoms with Crippen LogP contribution in [0.1, 0.15) is 28.9 Å². The minimum Gasteiger partial charge on any atom is -0.497 e. The number of carbonyl (C=O) groups excluding carboxylic acids is 3. The highest BCUT2D eigenvalue weighted by Crippen LogP contribution is 2.35. The lowest BCUT2D eigenvalue weighted by Gasteiger charge is -2.21. The smallest absolute Gasteiger partial charge is 0.418 e. The molecule has 7 heteroatoms. The third-order valence-electron chi connectivity index (χ3n) is 4.20. The molecule has 0 saturated carbocycles. The number of esters is 1. The molecule has 140 valence electrons. The summed E-state index contributed by atoms with van der Waals surface area (Å²) in [5.74, 6) is -0.698. The maximum Gasteiger partial charge on any atom is 0.418 e. The zero-order valence-electron chi connectivity index (χ0n) is 15.0. The van der Waals surface area contributed by atoms with Gasteiger partial charge in [0.2, 0.25) is 0 Å². The third-order valence-corrected chi connectivity index (χ3v) is 4.20. The second kappa shape index (κ2) is 7.90. The number of rotatable bonds is 5. The van der Waals surface area contributed by atoms with E-state index in [1.807, 2.05) is 0 Å². The van der Waals surface area contributed by atoms with Crippen LogP contribution in [-0.2, 0) is 14.3 Å². The van der Waals surface area contributed by atoms with Gasteiger partial charge in [0.15, 0.2) is 12.1 Å². The van der Waals surface area contributed by atoms with E-state index in [4.69, 9.17) is 14.2 Å². The zero-order chi connectivity index (χ0) is 19.4. The Kier molecular flexibility index (Phi) is 5.40. The number of amides is 2. The molecule has 1 aliphatic rings. The molecule has 27 heavy (non-hydrogen) atoms. The highest BCUT2D eigenvalue weighted by molar-refractivity contribution is 6.07. The number of ether oxygens (including phenoxy) is 3. The summed E-state index contributed by atoms with van der Waals surface area (Å²) in [5.41, 5.74) is 0.838. The van der Waals surface area contributed by atoms with Gasteiger partial charge in [0.1, 0.15) is 5.75 Å². The summed E-state index contributed by atoms with van der Waals surface area (Å²) in [7, 11) is 1.53. The van der Waals surface area contributed by atoms with Crippen molar-refractivity contribution < 1.29 is 28.6 Å². The van der Waals surface area contributed by atoms with Crippen molar-refractivity contribution in [3.8, 4) is 5.75 Å². The molecule has 1 aliphatic heterocycles. The van der Waals surface area contributed by atoms with E-state index in [2.05, 4.69) is 0 Å². The van der Waals surface area contributed by atoms with Gasteiger partial charge in [-0.3, -0.25) is 4.79 Å². The number of benzene rings is 2. The van der Waals surface area contributed by atoms with Gasteiger partial charge in [-0.05, 0) is 36.8 Å². The summed E-state index contributed by atoms with van der Waals surface area (Å²) in [6.45, 7) is 1.77. The minimum atomic E-state index is -1.21. The Morgan fingerprint density at radius 2 is 1.74 bits per heavy atom. The van der Waals surface area contributed by atoms with Crippen molar-refractivity contribution in [2.45, 2.75) is 19.1 Å². The topological polar surface area (TPSA) is 82.1 Å². The molecule has 2 aromatic carbocycles. The van der Waals surface area contributed by atoms with Gasteiger partial charge in [-0.25, -0.2) is 14.5 Å². The van der Waals surface area contributed by atoms with Crippen molar-refractivity contribution in [3.63, 3.8) is 0 Å². The van der Waals surface area contributed by atoms with Gasteiger partial charge in [0.05, 0.1) is 13.7 Å². The van der Waals surface area contributed by atoms with E-state index in [0.717, 1.165) is 4.90 Å². The summed E-state index contributed by atoms with van der Waals surface area (Å²) in [5, 5.41) is 0. The number of methoxy groups -OCH3 is 1. The third kappa shape index (κ3) is 3.62. The van der Waals surface area contributed by atoms with Crippen LogP contribution in [0.2, 0.25) is 0 Å². The van der Waals surface area contributed by atoms with Crippen molar-refractivity contribution in [3.05, 3.63) is 65.7 Å². The first-order valence-electron chi connectivity index (χ1n) is 8.46. The van der Waals surface area contributed by atoms with Crippen LogP contribution in [0.3, 0.4) is 0 Å². The SMILES string of the molecule is CCOC(=O)[C@H]1[C@H](c2ccc(OC)cc2)OC(=O)N1C(=O)c1ccccc1. The lowest BCUT2D eigenvalue weighted by molar-refractivity contribution is -0.148. The van der Waals surface area contributed by atoms with E-state index in [9.17, 15) is 14.4 Å². The minimum absolute atomic E-state index is 0.117. The Balaban J connectivity index is 1.98. The molecule has 1 fully saturated rings. The quantitative estimate of drug-likeness (QED) is 0.754. The summed E-state index contributed by atoms with van der Waals surface area (Å²) < 4.78 is 15.6. The highest BCUT2D eigenvalue weighted by atomic mass is 16.6. The fourth-order valence-electron chi connectivity index (χ4n) is 2.91. The van der Waals surface area contributed by atoms with E-state index in [1.54, 1.807) is 61.5 Å². The summed E-state index contributed by atoms with van der Waals surface area (Å²) in [4.78, 5) is 38.7. The van der Waals surface area contributed by atoms with E-state index in [1.165, 1.54) is 7.11 Å². The molecule has 2 amide bonds. The number of hydrogen-bond acceptors (Lipinski definition) is 6. The van der Waals surface area contributed by atoms with Gasteiger partial charge >= 0.3 is 12.1 Å². The number of hydrogen-bond donors (Lipinski definition) is 0. The number of carbonyl (C=O) groups is 3. The van der Waals surface area contributed by atoms with Crippen molar-refractivity contribution >= 4 is 18.0 Å². The van der Waals surface area contributed by atoms with E-state index < -0.39 is 30.1 Å². The fraction of sp³-hybridized carbons (Fsp3) is 0.250. The maximum absolute atomic E-state index is 12.9. The van der Waals surface area contributed by atoms with Crippen LogP contribution >= 0.6 is 0 Å². The molecule has 3 rings (SSSR count). The highest BCUT2D eigenvalue weighted by Gasteiger charge is 2.51. The zero-order valence-corrected chi connectivity index (χ0v) is 15.0. The van der Waals surface area contributed by atoms with Crippen LogP contribution in [0.4, 0.5) is 4.79 Å². The molecular formula is C20H19NO6. The standard InChI is InChI=1S/C20H19NO6/c1-3-26-19(23)16-17(13-9-11-15(25-2)12-10-13)27-20(24)21(16)18(22)14-7-5-4-6-8-14/h4-12,16-17H,3H2,1-2H3/t16-,17+/m1/s1. The van der Waals surface area contributed by atoms with Crippen LogP contribution < -0.4 is 4.74 Å². The fourth-order valence-corrected chi connectivity index (χ4v) is 2.91. The van der Waals surface area contributed by atoms with Gasteiger partial charge < -0.3 is 14.2 Å². The molecule has 7 nitrogen and oxygen atoms in total. The van der Waals surface area contributed by atoms with Crippen LogP contribution in [0.15, 0.2) is 54.6 Å². The van der Waals surface area contributed by atoms with Gasteiger partial charge in [-0.1, -0.05) is 30.3 Å². The molecule has 0 spiro atoms. The maximum atomic E-state index is 12.9.